The number of methoxy groups -OCH3 is 1. The van der Waals surface area contributed by atoms with E-state index >= 15 is 0 Å². The van der Waals surface area contributed by atoms with E-state index in [0.29, 0.717) is 12.8 Å². The SMILES string of the molecule is COc1ccc(CC(CN)(CC(C)C)C(=O)O)cc1. The van der Waals surface area contributed by atoms with Gasteiger partial charge in [0.15, 0.2) is 0 Å². The second-order valence-electron chi connectivity index (χ2n) is 5.41. The van der Waals surface area contributed by atoms with Gasteiger partial charge in [0.05, 0.1) is 12.5 Å². The molecule has 0 aliphatic carbocycles. The van der Waals surface area contributed by atoms with Crippen LogP contribution < -0.4 is 10.5 Å². The first-order valence-corrected chi connectivity index (χ1v) is 6.50. The number of hydrogen-bond donors (Lipinski definition) is 2. The molecule has 1 rings (SSSR count). The van der Waals surface area contributed by atoms with E-state index in [0.717, 1.165) is 11.3 Å². The molecule has 106 valence electrons. The third kappa shape index (κ3) is 3.96. The predicted molar refractivity (Wildman–Crippen MR) is 75.3 cm³/mol. The minimum Gasteiger partial charge on any atom is -0.497 e. The highest BCUT2D eigenvalue weighted by atomic mass is 16.5. The fourth-order valence-corrected chi connectivity index (χ4v) is 2.39. The first kappa shape index (κ1) is 15.5. The lowest BCUT2D eigenvalue weighted by Crippen LogP contribution is -2.41. The number of rotatable bonds is 7. The quantitative estimate of drug-likeness (QED) is 0.793. The number of carboxylic acids is 1. The van der Waals surface area contributed by atoms with Crippen molar-refractivity contribution in [1.82, 2.24) is 0 Å². The van der Waals surface area contributed by atoms with Gasteiger partial charge >= 0.3 is 5.97 Å². The molecule has 0 bridgehead atoms. The van der Waals surface area contributed by atoms with Crippen LogP contribution in [-0.4, -0.2) is 24.7 Å². The van der Waals surface area contributed by atoms with Gasteiger partial charge in [0.25, 0.3) is 0 Å². The average Bonchev–Trinajstić information content (AvgIpc) is 2.38. The number of carboxylic acid groups (broad SMARTS) is 1. The van der Waals surface area contributed by atoms with Gasteiger partial charge in [-0.1, -0.05) is 26.0 Å². The van der Waals surface area contributed by atoms with Crippen LogP contribution in [0, 0.1) is 11.3 Å². The van der Waals surface area contributed by atoms with Gasteiger partial charge in [-0.2, -0.15) is 0 Å². The number of aliphatic carboxylic acids is 1. The minimum atomic E-state index is -0.886. The van der Waals surface area contributed by atoms with Crippen LogP contribution in [0.2, 0.25) is 0 Å². The lowest BCUT2D eigenvalue weighted by atomic mass is 9.75. The molecule has 4 nitrogen and oxygen atoms in total. The summed E-state index contributed by atoms with van der Waals surface area (Å²) in [5.74, 6) is 0.235. The summed E-state index contributed by atoms with van der Waals surface area (Å²) in [5.41, 5.74) is 5.84. The largest absolute Gasteiger partial charge is 0.497 e. The molecule has 4 heteroatoms. The molecule has 19 heavy (non-hydrogen) atoms. The van der Waals surface area contributed by atoms with Crippen molar-refractivity contribution < 1.29 is 14.6 Å². The molecular weight excluding hydrogens is 242 g/mol. The third-order valence-electron chi connectivity index (χ3n) is 3.34. The number of nitrogens with two attached hydrogens (primary N) is 1. The van der Waals surface area contributed by atoms with E-state index in [-0.39, 0.29) is 12.5 Å². The summed E-state index contributed by atoms with van der Waals surface area (Å²) < 4.78 is 5.10. The summed E-state index contributed by atoms with van der Waals surface area (Å²) in [6.45, 7) is 4.18. The monoisotopic (exact) mass is 265 g/mol. The molecule has 0 amide bonds. The van der Waals surface area contributed by atoms with E-state index in [1.165, 1.54) is 0 Å². The second-order valence-corrected chi connectivity index (χ2v) is 5.41. The first-order chi connectivity index (χ1) is 8.93. The number of ether oxygens (including phenoxy) is 1. The van der Waals surface area contributed by atoms with Crippen LogP contribution in [0.15, 0.2) is 24.3 Å². The van der Waals surface area contributed by atoms with Crippen LogP contribution in [0.25, 0.3) is 0 Å². The Hall–Kier alpha value is -1.55. The van der Waals surface area contributed by atoms with Crippen LogP contribution >= 0.6 is 0 Å². The van der Waals surface area contributed by atoms with Crippen LogP contribution in [0.3, 0.4) is 0 Å². The molecule has 1 unspecified atom stereocenters. The van der Waals surface area contributed by atoms with Gasteiger partial charge < -0.3 is 15.6 Å². The lowest BCUT2D eigenvalue weighted by molar-refractivity contribution is -0.149. The van der Waals surface area contributed by atoms with Crippen molar-refractivity contribution in [2.45, 2.75) is 26.7 Å². The van der Waals surface area contributed by atoms with E-state index < -0.39 is 11.4 Å². The van der Waals surface area contributed by atoms with E-state index in [2.05, 4.69) is 0 Å². The van der Waals surface area contributed by atoms with Crippen molar-refractivity contribution in [3.05, 3.63) is 29.8 Å². The molecule has 0 aliphatic heterocycles. The Morgan fingerprint density at radius 3 is 2.32 bits per heavy atom. The van der Waals surface area contributed by atoms with Crippen LogP contribution in [-0.2, 0) is 11.2 Å². The summed E-state index contributed by atoms with van der Waals surface area (Å²) >= 11 is 0. The predicted octanol–water partition coefficient (Wildman–Crippen LogP) is 2.31. The molecule has 1 aromatic rings. The molecule has 0 spiro atoms. The highest BCUT2D eigenvalue weighted by molar-refractivity contribution is 5.75. The number of hydrogen-bond acceptors (Lipinski definition) is 3. The standard InChI is InChI=1S/C15H23NO3/c1-11(2)8-15(10-16,14(17)18)9-12-4-6-13(19-3)7-5-12/h4-7,11H,8-10,16H2,1-3H3,(H,17,18). The van der Waals surface area contributed by atoms with Crippen molar-refractivity contribution in [3.63, 3.8) is 0 Å². The fourth-order valence-electron chi connectivity index (χ4n) is 2.39. The van der Waals surface area contributed by atoms with E-state index in [9.17, 15) is 9.90 Å². The highest BCUT2D eigenvalue weighted by Gasteiger charge is 2.37. The van der Waals surface area contributed by atoms with Gasteiger partial charge in [-0.15, -0.1) is 0 Å². The average molecular weight is 265 g/mol. The molecular formula is C15H23NO3. The van der Waals surface area contributed by atoms with Gasteiger partial charge in [-0.05, 0) is 36.5 Å². The molecule has 0 heterocycles. The van der Waals surface area contributed by atoms with Crippen LogP contribution in [0.4, 0.5) is 0 Å². The zero-order chi connectivity index (χ0) is 14.5. The zero-order valence-corrected chi connectivity index (χ0v) is 11.8. The lowest BCUT2D eigenvalue weighted by Gasteiger charge is -2.29. The first-order valence-electron chi connectivity index (χ1n) is 6.50. The fraction of sp³-hybridized carbons (Fsp3) is 0.533. The Morgan fingerprint density at radius 2 is 1.95 bits per heavy atom. The summed E-state index contributed by atoms with van der Waals surface area (Å²) in [6, 6.07) is 7.47. The number of benzene rings is 1. The van der Waals surface area contributed by atoms with Crippen molar-refractivity contribution in [3.8, 4) is 5.75 Å². The molecule has 0 aliphatic rings. The third-order valence-corrected chi connectivity index (χ3v) is 3.34. The topological polar surface area (TPSA) is 72.5 Å². The highest BCUT2D eigenvalue weighted by Crippen LogP contribution is 2.31. The molecule has 3 N–H and O–H groups in total. The molecule has 1 aromatic carbocycles. The van der Waals surface area contributed by atoms with Gasteiger partial charge in [0.2, 0.25) is 0 Å². The minimum absolute atomic E-state index is 0.145. The maximum Gasteiger partial charge on any atom is 0.311 e. The van der Waals surface area contributed by atoms with Crippen molar-refractivity contribution in [1.29, 1.82) is 0 Å². The van der Waals surface area contributed by atoms with Crippen LogP contribution in [0.1, 0.15) is 25.8 Å². The van der Waals surface area contributed by atoms with E-state index in [1.807, 2.05) is 38.1 Å². The van der Waals surface area contributed by atoms with Gasteiger partial charge in [-0.25, -0.2) is 0 Å². The Balaban J connectivity index is 2.95. The van der Waals surface area contributed by atoms with Gasteiger partial charge in [0, 0.05) is 6.54 Å². The van der Waals surface area contributed by atoms with Crippen molar-refractivity contribution in [2.24, 2.45) is 17.1 Å². The normalized spacial score (nSPS) is 14.2. The van der Waals surface area contributed by atoms with Crippen molar-refractivity contribution >= 4 is 5.97 Å². The molecule has 0 fully saturated rings. The Kier molecular flexibility index (Phi) is 5.36. The Morgan fingerprint density at radius 1 is 1.37 bits per heavy atom. The van der Waals surface area contributed by atoms with Gasteiger partial charge in [-0.3, -0.25) is 4.79 Å². The Bertz CT molecular complexity index is 414. The number of carbonyl (C=O) groups is 1. The molecule has 0 saturated heterocycles. The summed E-state index contributed by atoms with van der Waals surface area (Å²) in [5, 5.41) is 9.53. The molecule has 1 atom stereocenters. The summed E-state index contributed by atoms with van der Waals surface area (Å²) in [4.78, 5) is 11.6. The summed E-state index contributed by atoms with van der Waals surface area (Å²) in [7, 11) is 1.61. The maximum absolute atomic E-state index is 11.6. The molecule has 0 radical (unpaired) electrons. The second kappa shape index (κ2) is 6.57. The van der Waals surface area contributed by atoms with E-state index in [1.54, 1.807) is 7.11 Å². The summed E-state index contributed by atoms with van der Waals surface area (Å²) in [6.07, 6.45) is 1.02. The maximum atomic E-state index is 11.6. The smallest absolute Gasteiger partial charge is 0.311 e. The van der Waals surface area contributed by atoms with Crippen molar-refractivity contribution in [2.75, 3.05) is 13.7 Å². The molecule has 0 saturated carbocycles. The Labute approximate surface area is 114 Å². The van der Waals surface area contributed by atoms with Crippen LogP contribution in [0.5, 0.6) is 5.75 Å². The van der Waals surface area contributed by atoms with Gasteiger partial charge in [0.1, 0.15) is 5.75 Å². The molecule has 0 aromatic heterocycles. The zero-order valence-electron chi connectivity index (χ0n) is 11.8. The van der Waals surface area contributed by atoms with E-state index in [4.69, 9.17) is 10.5 Å².